The van der Waals surface area contributed by atoms with E-state index in [2.05, 4.69) is 17.5 Å². The molecular formula is C10H14N2O2. The van der Waals surface area contributed by atoms with Crippen LogP contribution in [0.2, 0.25) is 0 Å². The molecule has 3 unspecified atom stereocenters. The third-order valence-electron chi connectivity index (χ3n) is 3.05. The number of carbonyl (C=O) groups is 2. The molecule has 76 valence electrons. The van der Waals surface area contributed by atoms with Crippen LogP contribution in [0.5, 0.6) is 0 Å². The molecule has 0 radical (unpaired) electrons. The number of rotatable bonds is 3. The first-order valence-corrected chi connectivity index (χ1v) is 4.91. The highest BCUT2D eigenvalue weighted by atomic mass is 16.2. The lowest BCUT2D eigenvalue weighted by atomic mass is 9.93. The van der Waals surface area contributed by atoms with Crippen molar-refractivity contribution in [1.29, 1.82) is 0 Å². The van der Waals surface area contributed by atoms with Gasteiger partial charge in [0.2, 0.25) is 11.8 Å². The van der Waals surface area contributed by atoms with Crippen molar-refractivity contribution in [2.75, 3.05) is 6.54 Å². The van der Waals surface area contributed by atoms with Crippen LogP contribution in [0, 0.1) is 17.8 Å². The van der Waals surface area contributed by atoms with Crippen molar-refractivity contribution < 1.29 is 9.59 Å². The molecule has 2 aliphatic carbocycles. The zero-order valence-corrected chi connectivity index (χ0v) is 7.90. The Morgan fingerprint density at radius 1 is 1.36 bits per heavy atom. The largest absolute Gasteiger partial charge is 0.368 e. The van der Waals surface area contributed by atoms with Crippen molar-refractivity contribution in [1.82, 2.24) is 5.32 Å². The lowest BCUT2D eigenvalue weighted by Gasteiger charge is -2.16. The number of nitrogens with two attached hydrogens (primary N) is 1. The first-order chi connectivity index (χ1) is 6.66. The Balaban J connectivity index is 1.87. The van der Waals surface area contributed by atoms with Crippen LogP contribution in [-0.2, 0) is 9.59 Å². The highest BCUT2D eigenvalue weighted by molar-refractivity contribution is 5.85. The maximum absolute atomic E-state index is 11.6. The van der Waals surface area contributed by atoms with Gasteiger partial charge in [-0.2, -0.15) is 0 Å². The van der Waals surface area contributed by atoms with Crippen LogP contribution < -0.4 is 11.1 Å². The zero-order chi connectivity index (χ0) is 10.1. The van der Waals surface area contributed by atoms with Gasteiger partial charge in [-0.15, -0.1) is 0 Å². The summed E-state index contributed by atoms with van der Waals surface area (Å²) in [4.78, 5) is 22.1. The van der Waals surface area contributed by atoms with Crippen LogP contribution >= 0.6 is 0 Å². The smallest absolute Gasteiger partial charge is 0.236 e. The van der Waals surface area contributed by atoms with Crippen LogP contribution in [0.3, 0.4) is 0 Å². The van der Waals surface area contributed by atoms with E-state index < -0.39 is 5.91 Å². The lowest BCUT2D eigenvalue weighted by Crippen LogP contribution is -2.38. The van der Waals surface area contributed by atoms with Crippen molar-refractivity contribution in [2.45, 2.75) is 12.8 Å². The van der Waals surface area contributed by atoms with Gasteiger partial charge in [-0.25, -0.2) is 0 Å². The molecule has 0 aliphatic heterocycles. The van der Waals surface area contributed by atoms with Gasteiger partial charge >= 0.3 is 0 Å². The second-order valence-corrected chi connectivity index (χ2v) is 4.07. The Bertz CT molecular complexity index is 298. The zero-order valence-electron chi connectivity index (χ0n) is 7.90. The average Bonchev–Trinajstić information content (AvgIpc) is 2.74. The summed E-state index contributed by atoms with van der Waals surface area (Å²) in [6, 6.07) is 0. The van der Waals surface area contributed by atoms with E-state index in [-0.39, 0.29) is 18.4 Å². The highest BCUT2D eigenvalue weighted by Crippen LogP contribution is 2.43. The van der Waals surface area contributed by atoms with E-state index in [1.54, 1.807) is 0 Å². The molecule has 0 aromatic rings. The van der Waals surface area contributed by atoms with Gasteiger partial charge in [0, 0.05) is 5.92 Å². The van der Waals surface area contributed by atoms with Gasteiger partial charge < -0.3 is 11.1 Å². The molecule has 2 bridgehead atoms. The molecule has 14 heavy (non-hydrogen) atoms. The van der Waals surface area contributed by atoms with Crippen LogP contribution in [-0.4, -0.2) is 18.4 Å². The van der Waals surface area contributed by atoms with E-state index in [0.717, 1.165) is 12.8 Å². The van der Waals surface area contributed by atoms with Crippen molar-refractivity contribution in [2.24, 2.45) is 23.5 Å². The Morgan fingerprint density at radius 2 is 2.14 bits per heavy atom. The van der Waals surface area contributed by atoms with Gasteiger partial charge in [0.1, 0.15) is 0 Å². The molecule has 0 spiro atoms. The number of allylic oxidation sites excluding steroid dienone is 2. The Kier molecular flexibility index (Phi) is 2.27. The van der Waals surface area contributed by atoms with Gasteiger partial charge in [-0.1, -0.05) is 12.2 Å². The fourth-order valence-corrected chi connectivity index (χ4v) is 2.39. The van der Waals surface area contributed by atoms with E-state index in [0.29, 0.717) is 11.8 Å². The first-order valence-electron chi connectivity index (χ1n) is 4.91. The van der Waals surface area contributed by atoms with Gasteiger partial charge in [-0.3, -0.25) is 9.59 Å². The summed E-state index contributed by atoms with van der Waals surface area (Å²) in [5.74, 6) is 0.499. The molecule has 4 heteroatoms. The van der Waals surface area contributed by atoms with E-state index in [1.165, 1.54) is 0 Å². The summed E-state index contributed by atoms with van der Waals surface area (Å²) < 4.78 is 0. The number of amides is 2. The Labute approximate surface area is 82.5 Å². The molecule has 4 nitrogen and oxygen atoms in total. The molecule has 0 aromatic carbocycles. The van der Waals surface area contributed by atoms with Crippen molar-refractivity contribution in [3.05, 3.63) is 12.2 Å². The van der Waals surface area contributed by atoms with Crippen LogP contribution in [0.4, 0.5) is 0 Å². The van der Waals surface area contributed by atoms with E-state index in [9.17, 15) is 9.59 Å². The maximum Gasteiger partial charge on any atom is 0.236 e. The van der Waals surface area contributed by atoms with Crippen molar-refractivity contribution in [3.8, 4) is 0 Å². The summed E-state index contributed by atoms with van der Waals surface area (Å²) in [5, 5.41) is 2.56. The third-order valence-corrected chi connectivity index (χ3v) is 3.05. The standard InChI is InChI=1S/C10H14N2O2/c11-9(13)5-12-10(14)8-4-6-1-2-7(8)3-6/h1-2,6-8H,3-5H2,(H2,11,13)(H,12,14). The minimum Gasteiger partial charge on any atom is -0.368 e. The number of hydrogen-bond acceptors (Lipinski definition) is 2. The molecule has 1 fully saturated rings. The minimum atomic E-state index is -0.489. The van der Waals surface area contributed by atoms with Gasteiger partial charge in [0.05, 0.1) is 6.54 Å². The van der Waals surface area contributed by atoms with E-state index in [4.69, 9.17) is 5.73 Å². The minimum absolute atomic E-state index is 0.0272. The quantitative estimate of drug-likeness (QED) is 0.611. The molecular weight excluding hydrogens is 180 g/mol. The monoisotopic (exact) mass is 194 g/mol. The SMILES string of the molecule is NC(=O)CNC(=O)C1CC2C=CC1C2. The fourth-order valence-electron chi connectivity index (χ4n) is 2.39. The van der Waals surface area contributed by atoms with Gasteiger partial charge in [0.25, 0.3) is 0 Å². The molecule has 1 saturated carbocycles. The number of hydrogen-bond donors (Lipinski definition) is 2. The summed E-state index contributed by atoms with van der Waals surface area (Å²) >= 11 is 0. The van der Waals surface area contributed by atoms with Crippen molar-refractivity contribution >= 4 is 11.8 Å². The van der Waals surface area contributed by atoms with Gasteiger partial charge in [-0.05, 0) is 24.7 Å². The Morgan fingerprint density at radius 3 is 2.64 bits per heavy atom. The number of primary amides is 1. The van der Waals surface area contributed by atoms with E-state index in [1.807, 2.05) is 0 Å². The highest BCUT2D eigenvalue weighted by Gasteiger charge is 2.39. The normalized spacial score (nSPS) is 33.3. The second kappa shape index (κ2) is 3.44. The summed E-state index contributed by atoms with van der Waals surface area (Å²) in [7, 11) is 0. The molecule has 0 saturated heterocycles. The molecule has 3 N–H and O–H groups in total. The predicted octanol–water partition coefficient (Wildman–Crippen LogP) is -0.200. The summed E-state index contributed by atoms with van der Waals surface area (Å²) in [6.07, 6.45) is 6.31. The topological polar surface area (TPSA) is 72.2 Å². The summed E-state index contributed by atoms with van der Waals surface area (Å²) in [5.41, 5.74) is 4.95. The van der Waals surface area contributed by atoms with Crippen LogP contribution in [0.15, 0.2) is 12.2 Å². The second-order valence-electron chi connectivity index (χ2n) is 4.07. The van der Waals surface area contributed by atoms with Crippen LogP contribution in [0.1, 0.15) is 12.8 Å². The predicted molar refractivity (Wildman–Crippen MR) is 51.0 cm³/mol. The number of fused-ring (bicyclic) bond motifs is 2. The molecule has 0 heterocycles. The molecule has 0 aromatic heterocycles. The van der Waals surface area contributed by atoms with Gasteiger partial charge in [0.15, 0.2) is 0 Å². The molecule has 2 rings (SSSR count). The molecule has 2 amide bonds. The fraction of sp³-hybridized carbons (Fsp3) is 0.600. The maximum atomic E-state index is 11.6. The Hall–Kier alpha value is -1.32. The van der Waals surface area contributed by atoms with E-state index >= 15 is 0 Å². The summed E-state index contributed by atoms with van der Waals surface area (Å²) in [6.45, 7) is -0.0452. The number of carbonyl (C=O) groups excluding carboxylic acids is 2. The third kappa shape index (κ3) is 1.64. The average molecular weight is 194 g/mol. The van der Waals surface area contributed by atoms with Crippen molar-refractivity contribution in [3.63, 3.8) is 0 Å². The lowest BCUT2D eigenvalue weighted by molar-refractivity contribution is -0.128. The van der Waals surface area contributed by atoms with Crippen LogP contribution in [0.25, 0.3) is 0 Å². The molecule has 2 aliphatic rings. The molecule has 3 atom stereocenters. The number of nitrogens with one attached hydrogen (secondary N) is 1. The first kappa shape index (κ1) is 9.24.